The summed E-state index contributed by atoms with van der Waals surface area (Å²) in [5.74, 6) is 1.53. The highest BCUT2D eigenvalue weighted by Gasteiger charge is 2.23. The molecule has 0 saturated heterocycles. The highest BCUT2D eigenvalue weighted by atomic mass is 32.1. The van der Waals surface area contributed by atoms with Gasteiger partial charge in [0.05, 0.1) is 19.4 Å². The number of pyridine rings is 1. The number of anilines is 2. The van der Waals surface area contributed by atoms with E-state index in [1.807, 2.05) is 56.3 Å². The van der Waals surface area contributed by atoms with Gasteiger partial charge < -0.3 is 19.8 Å². The second-order valence-electron chi connectivity index (χ2n) is 7.09. The van der Waals surface area contributed by atoms with Gasteiger partial charge in [0.1, 0.15) is 16.6 Å². The van der Waals surface area contributed by atoms with E-state index < -0.39 is 0 Å². The first kappa shape index (κ1) is 20.7. The summed E-state index contributed by atoms with van der Waals surface area (Å²) in [4.78, 5) is 18.3. The fourth-order valence-corrected chi connectivity index (χ4v) is 4.27. The number of hydrogen-bond donors (Lipinski definition) is 2. The van der Waals surface area contributed by atoms with E-state index in [0.29, 0.717) is 0 Å². The molecule has 1 amide bonds. The van der Waals surface area contributed by atoms with Gasteiger partial charge in [0, 0.05) is 16.1 Å². The van der Waals surface area contributed by atoms with Crippen LogP contribution in [0.25, 0.3) is 0 Å². The number of rotatable bonds is 7. The first-order chi connectivity index (χ1) is 15.0. The first-order valence-electron chi connectivity index (χ1n) is 9.83. The molecule has 0 aliphatic heterocycles. The number of benzene rings is 1. The Balaban J connectivity index is 1.73. The molecular formula is C24H23N3O3S. The Kier molecular flexibility index (Phi) is 6.04. The Morgan fingerprint density at radius 1 is 1.10 bits per heavy atom. The topological polar surface area (TPSA) is 76.4 Å². The zero-order valence-electron chi connectivity index (χ0n) is 17.5. The number of amides is 1. The fourth-order valence-electron chi connectivity index (χ4n) is 3.33. The molecule has 158 valence electrons. The van der Waals surface area contributed by atoms with Crippen molar-refractivity contribution in [3.8, 4) is 5.75 Å². The van der Waals surface area contributed by atoms with Crippen LogP contribution in [0.1, 0.15) is 38.3 Å². The molecule has 1 aromatic carbocycles. The summed E-state index contributed by atoms with van der Waals surface area (Å²) in [6.07, 6.45) is 1.49. The molecule has 2 N–H and O–H groups in total. The third kappa shape index (κ3) is 4.78. The molecule has 0 spiro atoms. The minimum Gasteiger partial charge on any atom is -0.497 e. The van der Waals surface area contributed by atoms with Crippen LogP contribution in [0.3, 0.4) is 0 Å². The van der Waals surface area contributed by atoms with Crippen molar-refractivity contribution in [3.63, 3.8) is 0 Å². The predicted octanol–water partition coefficient (Wildman–Crippen LogP) is 5.82. The van der Waals surface area contributed by atoms with Crippen molar-refractivity contribution in [2.45, 2.75) is 19.9 Å². The average Bonchev–Trinajstić information content (AvgIpc) is 3.42. The number of nitrogens with one attached hydrogen (secondary N) is 2. The number of aromatic nitrogens is 1. The molecule has 1 atom stereocenters. The second-order valence-corrected chi connectivity index (χ2v) is 8.34. The van der Waals surface area contributed by atoms with Crippen LogP contribution < -0.4 is 15.4 Å². The van der Waals surface area contributed by atoms with Gasteiger partial charge in [-0.05, 0) is 61.9 Å². The van der Waals surface area contributed by atoms with E-state index in [9.17, 15) is 4.79 Å². The third-order valence-corrected chi connectivity index (χ3v) is 5.78. The molecule has 7 heteroatoms. The standard InChI is InChI=1S/C24H23N3O3S/c1-15-6-4-8-21(25-15)26-22(17-9-11-18(29-3)12-10-17)19-14-16(2)31-24(19)27-23(28)20-7-5-13-30-20/h4-14,22H,1-3H3,(H,25,26)(H,27,28). The van der Waals surface area contributed by atoms with Gasteiger partial charge in [-0.25, -0.2) is 4.98 Å². The van der Waals surface area contributed by atoms with Gasteiger partial charge in [-0.15, -0.1) is 11.3 Å². The van der Waals surface area contributed by atoms with Gasteiger partial charge in [0.15, 0.2) is 5.76 Å². The molecule has 0 bridgehead atoms. The van der Waals surface area contributed by atoms with Crippen molar-refractivity contribution in [1.82, 2.24) is 4.98 Å². The SMILES string of the molecule is COc1ccc(C(Nc2cccc(C)n2)c2cc(C)sc2NC(=O)c2ccco2)cc1. The van der Waals surface area contributed by atoms with E-state index in [-0.39, 0.29) is 17.7 Å². The predicted molar refractivity (Wildman–Crippen MR) is 123 cm³/mol. The molecule has 6 nitrogen and oxygen atoms in total. The van der Waals surface area contributed by atoms with Crippen molar-refractivity contribution < 1.29 is 13.9 Å². The molecule has 4 rings (SSSR count). The summed E-state index contributed by atoms with van der Waals surface area (Å²) < 4.78 is 10.6. The maximum absolute atomic E-state index is 12.6. The normalized spacial score (nSPS) is 11.7. The van der Waals surface area contributed by atoms with Crippen molar-refractivity contribution in [1.29, 1.82) is 0 Å². The van der Waals surface area contributed by atoms with Gasteiger partial charge >= 0.3 is 0 Å². The fraction of sp³-hybridized carbons (Fsp3) is 0.167. The number of nitrogens with zero attached hydrogens (tertiary/aromatic N) is 1. The molecule has 0 aliphatic rings. The summed E-state index contributed by atoms with van der Waals surface area (Å²) in [5, 5.41) is 7.30. The van der Waals surface area contributed by atoms with Crippen LogP contribution >= 0.6 is 11.3 Å². The Labute approximate surface area is 184 Å². The molecule has 1 unspecified atom stereocenters. The Hall–Kier alpha value is -3.58. The first-order valence-corrected chi connectivity index (χ1v) is 10.6. The lowest BCUT2D eigenvalue weighted by Gasteiger charge is -2.21. The highest BCUT2D eigenvalue weighted by molar-refractivity contribution is 7.16. The molecule has 0 aliphatic carbocycles. The zero-order valence-corrected chi connectivity index (χ0v) is 18.3. The number of thiophene rings is 1. The monoisotopic (exact) mass is 433 g/mol. The van der Waals surface area contributed by atoms with Gasteiger partial charge in [0.25, 0.3) is 5.91 Å². The number of hydrogen-bond acceptors (Lipinski definition) is 6. The Morgan fingerprint density at radius 2 is 1.90 bits per heavy atom. The summed E-state index contributed by atoms with van der Waals surface area (Å²) in [6.45, 7) is 3.98. The summed E-state index contributed by atoms with van der Waals surface area (Å²) in [6, 6.07) is 18.9. The molecular weight excluding hydrogens is 410 g/mol. The number of furan rings is 1. The highest BCUT2D eigenvalue weighted by Crippen LogP contribution is 2.38. The summed E-state index contributed by atoms with van der Waals surface area (Å²) in [7, 11) is 1.64. The molecule has 0 radical (unpaired) electrons. The molecule has 0 fully saturated rings. The molecule has 3 heterocycles. The molecule has 4 aromatic rings. The zero-order chi connectivity index (χ0) is 21.8. The summed E-state index contributed by atoms with van der Waals surface area (Å²) in [5.41, 5.74) is 2.90. The molecule has 31 heavy (non-hydrogen) atoms. The van der Waals surface area contributed by atoms with Gasteiger partial charge in [-0.3, -0.25) is 4.79 Å². The van der Waals surface area contributed by atoms with Crippen LogP contribution in [0.15, 0.2) is 71.3 Å². The van der Waals surface area contributed by atoms with E-state index in [2.05, 4.69) is 21.7 Å². The van der Waals surface area contributed by atoms with Crippen molar-refractivity contribution in [3.05, 3.63) is 94.4 Å². The molecule has 0 saturated carbocycles. The lowest BCUT2D eigenvalue weighted by molar-refractivity contribution is 0.0997. The maximum atomic E-state index is 12.6. The van der Waals surface area contributed by atoms with Crippen molar-refractivity contribution >= 4 is 28.1 Å². The average molecular weight is 434 g/mol. The van der Waals surface area contributed by atoms with Gasteiger partial charge in [-0.2, -0.15) is 0 Å². The van der Waals surface area contributed by atoms with Crippen LogP contribution in [0.2, 0.25) is 0 Å². The van der Waals surface area contributed by atoms with Crippen LogP contribution in [0.5, 0.6) is 5.75 Å². The smallest absolute Gasteiger partial charge is 0.291 e. The van der Waals surface area contributed by atoms with E-state index in [1.165, 1.54) is 17.6 Å². The van der Waals surface area contributed by atoms with Crippen molar-refractivity contribution in [2.24, 2.45) is 0 Å². The lowest BCUT2D eigenvalue weighted by atomic mass is 9.99. The Bertz CT molecular complexity index is 1170. The lowest BCUT2D eigenvalue weighted by Crippen LogP contribution is -2.17. The van der Waals surface area contributed by atoms with E-state index in [0.717, 1.165) is 38.3 Å². The minimum absolute atomic E-state index is 0.225. The number of carbonyl (C=O) groups excluding carboxylic acids is 1. The van der Waals surface area contributed by atoms with Gasteiger partial charge in [0.2, 0.25) is 0 Å². The Morgan fingerprint density at radius 3 is 2.58 bits per heavy atom. The number of carbonyl (C=O) groups is 1. The van der Waals surface area contributed by atoms with E-state index in [1.54, 1.807) is 19.2 Å². The van der Waals surface area contributed by atoms with Crippen molar-refractivity contribution in [2.75, 3.05) is 17.7 Å². The quantitative estimate of drug-likeness (QED) is 0.384. The number of ether oxygens (including phenoxy) is 1. The number of aryl methyl sites for hydroxylation is 2. The second kappa shape index (κ2) is 9.06. The summed E-state index contributed by atoms with van der Waals surface area (Å²) >= 11 is 1.53. The number of methoxy groups -OCH3 is 1. The van der Waals surface area contributed by atoms with E-state index in [4.69, 9.17) is 9.15 Å². The van der Waals surface area contributed by atoms with Crippen LogP contribution in [-0.2, 0) is 0 Å². The van der Waals surface area contributed by atoms with E-state index >= 15 is 0 Å². The largest absolute Gasteiger partial charge is 0.497 e. The van der Waals surface area contributed by atoms with Crippen LogP contribution in [0.4, 0.5) is 10.8 Å². The van der Waals surface area contributed by atoms with Crippen LogP contribution in [0, 0.1) is 13.8 Å². The van der Waals surface area contributed by atoms with Gasteiger partial charge in [-0.1, -0.05) is 18.2 Å². The third-order valence-electron chi connectivity index (χ3n) is 4.80. The maximum Gasteiger partial charge on any atom is 0.291 e. The minimum atomic E-state index is -0.282. The molecule has 3 aromatic heterocycles. The van der Waals surface area contributed by atoms with Crippen LogP contribution in [-0.4, -0.2) is 18.0 Å².